The first kappa shape index (κ1) is 16.7. The van der Waals surface area contributed by atoms with Gasteiger partial charge in [-0.25, -0.2) is 0 Å². The minimum atomic E-state index is -0.394. The molecule has 1 saturated heterocycles. The third-order valence-corrected chi connectivity index (χ3v) is 4.21. The average molecular weight is 280 g/mol. The van der Waals surface area contributed by atoms with E-state index in [0.29, 0.717) is 6.42 Å². The third kappa shape index (κ3) is 3.22. The van der Waals surface area contributed by atoms with Crippen molar-refractivity contribution in [3.63, 3.8) is 0 Å². The van der Waals surface area contributed by atoms with Crippen molar-refractivity contribution in [2.45, 2.75) is 65.6 Å². The second-order valence-corrected chi connectivity index (χ2v) is 6.18. The van der Waals surface area contributed by atoms with Crippen LogP contribution in [-0.2, 0) is 9.59 Å². The molecule has 2 amide bonds. The summed E-state index contributed by atoms with van der Waals surface area (Å²) in [5.74, 6) is 0.273. The lowest BCUT2D eigenvalue weighted by atomic mass is 9.89. The molecule has 1 aliphatic heterocycles. The van der Waals surface area contributed by atoms with Gasteiger partial charge in [-0.15, -0.1) is 6.58 Å². The lowest BCUT2D eigenvalue weighted by Crippen LogP contribution is -2.68. The lowest BCUT2D eigenvalue weighted by molar-refractivity contribution is -0.155. The molecule has 1 aliphatic rings. The van der Waals surface area contributed by atoms with Gasteiger partial charge in [0.15, 0.2) is 0 Å². The molecule has 4 atom stereocenters. The van der Waals surface area contributed by atoms with Gasteiger partial charge >= 0.3 is 0 Å². The quantitative estimate of drug-likeness (QED) is 0.759. The third-order valence-electron chi connectivity index (χ3n) is 4.21. The van der Waals surface area contributed by atoms with Crippen molar-refractivity contribution < 1.29 is 9.59 Å². The monoisotopic (exact) mass is 280 g/mol. The van der Waals surface area contributed by atoms with Crippen molar-refractivity contribution in [1.29, 1.82) is 0 Å². The van der Waals surface area contributed by atoms with Crippen molar-refractivity contribution in [3.8, 4) is 0 Å². The van der Waals surface area contributed by atoms with Crippen molar-refractivity contribution >= 4 is 11.8 Å². The van der Waals surface area contributed by atoms with E-state index in [9.17, 15) is 9.59 Å². The summed E-state index contributed by atoms with van der Waals surface area (Å²) in [7, 11) is 0. The Morgan fingerprint density at radius 1 is 1.30 bits per heavy atom. The number of piperazine rings is 1. The standard InChI is InChI=1S/C16H28N2O2/c1-7-9-12(6)18-14(10(3)4)15(19)17-13(16(18)20)11(5)8-2/h7,10-14H,1,8-9H2,2-6H3,(H,17,19). The highest BCUT2D eigenvalue weighted by molar-refractivity contribution is 5.97. The van der Waals surface area contributed by atoms with Crippen LogP contribution in [0.1, 0.15) is 47.5 Å². The number of nitrogens with one attached hydrogen (secondary N) is 1. The molecule has 20 heavy (non-hydrogen) atoms. The van der Waals surface area contributed by atoms with E-state index in [0.717, 1.165) is 6.42 Å². The fraction of sp³-hybridized carbons (Fsp3) is 0.750. The fourth-order valence-electron chi connectivity index (χ4n) is 2.82. The van der Waals surface area contributed by atoms with Crippen LogP contribution < -0.4 is 5.32 Å². The minimum absolute atomic E-state index is 0.00464. The first-order chi connectivity index (χ1) is 9.34. The first-order valence-corrected chi connectivity index (χ1v) is 7.58. The van der Waals surface area contributed by atoms with Crippen LogP contribution in [0.25, 0.3) is 0 Å². The predicted octanol–water partition coefficient (Wildman–Crippen LogP) is 2.35. The second-order valence-electron chi connectivity index (χ2n) is 6.18. The van der Waals surface area contributed by atoms with Gasteiger partial charge in [0.25, 0.3) is 0 Å². The molecule has 0 aromatic carbocycles. The SMILES string of the molecule is C=CCC(C)N1C(=O)C(C(C)CC)NC(=O)C1C(C)C. The number of carbonyl (C=O) groups excluding carboxylic acids is 2. The molecule has 0 saturated carbocycles. The topological polar surface area (TPSA) is 49.4 Å². The smallest absolute Gasteiger partial charge is 0.246 e. The van der Waals surface area contributed by atoms with Gasteiger partial charge in [0.1, 0.15) is 12.1 Å². The normalized spacial score (nSPS) is 26.4. The summed E-state index contributed by atoms with van der Waals surface area (Å²) >= 11 is 0. The number of rotatable bonds is 6. The summed E-state index contributed by atoms with van der Waals surface area (Å²) in [6.45, 7) is 13.7. The van der Waals surface area contributed by atoms with Gasteiger partial charge in [0, 0.05) is 6.04 Å². The van der Waals surface area contributed by atoms with Crippen LogP contribution in [0.3, 0.4) is 0 Å². The Hall–Kier alpha value is -1.32. The molecule has 1 rings (SSSR count). The number of hydrogen-bond acceptors (Lipinski definition) is 2. The molecule has 0 spiro atoms. The summed E-state index contributed by atoms with van der Waals surface area (Å²) in [4.78, 5) is 27.0. The van der Waals surface area contributed by atoms with E-state index in [1.807, 2.05) is 34.6 Å². The summed E-state index contributed by atoms with van der Waals surface area (Å²) < 4.78 is 0. The number of carbonyl (C=O) groups is 2. The lowest BCUT2D eigenvalue weighted by Gasteiger charge is -2.45. The van der Waals surface area contributed by atoms with Gasteiger partial charge in [0.2, 0.25) is 11.8 Å². The van der Waals surface area contributed by atoms with E-state index >= 15 is 0 Å². The molecule has 4 nitrogen and oxygen atoms in total. The van der Waals surface area contributed by atoms with Crippen LogP contribution in [0.15, 0.2) is 12.7 Å². The molecule has 0 aromatic rings. The van der Waals surface area contributed by atoms with Crippen LogP contribution in [-0.4, -0.2) is 34.8 Å². The largest absolute Gasteiger partial charge is 0.342 e. The molecule has 0 radical (unpaired) electrons. The van der Waals surface area contributed by atoms with Gasteiger partial charge in [0.05, 0.1) is 0 Å². The zero-order valence-electron chi connectivity index (χ0n) is 13.3. The molecule has 0 bridgehead atoms. The molecule has 1 N–H and O–H groups in total. The first-order valence-electron chi connectivity index (χ1n) is 7.58. The Kier molecular flexibility index (Phi) is 5.78. The van der Waals surface area contributed by atoms with Crippen molar-refractivity contribution in [2.24, 2.45) is 11.8 Å². The molecule has 0 aromatic heterocycles. The zero-order chi connectivity index (χ0) is 15.4. The van der Waals surface area contributed by atoms with E-state index < -0.39 is 6.04 Å². The molecule has 1 fully saturated rings. The van der Waals surface area contributed by atoms with E-state index in [1.54, 1.807) is 11.0 Å². The molecular weight excluding hydrogens is 252 g/mol. The second kappa shape index (κ2) is 6.91. The average Bonchev–Trinajstić information content (AvgIpc) is 2.39. The maximum Gasteiger partial charge on any atom is 0.246 e. The highest BCUT2D eigenvalue weighted by Gasteiger charge is 2.44. The van der Waals surface area contributed by atoms with E-state index in [1.165, 1.54) is 0 Å². The van der Waals surface area contributed by atoms with E-state index in [2.05, 4.69) is 11.9 Å². The van der Waals surface area contributed by atoms with Gasteiger partial charge in [-0.1, -0.05) is 40.2 Å². The maximum absolute atomic E-state index is 12.8. The van der Waals surface area contributed by atoms with Gasteiger partial charge in [-0.2, -0.15) is 0 Å². The van der Waals surface area contributed by atoms with Crippen LogP contribution in [0.4, 0.5) is 0 Å². The van der Waals surface area contributed by atoms with E-state index in [-0.39, 0.29) is 35.7 Å². The molecule has 4 unspecified atom stereocenters. The summed E-state index contributed by atoms with van der Waals surface area (Å²) in [5, 5.41) is 2.92. The van der Waals surface area contributed by atoms with Crippen LogP contribution >= 0.6 is 0 Å². The van der Waals surface area contributed by atoms with Crippen molar-refractivity contribution in [1.82, 2.24) is 10.2 Å². The Balaban J connectivity index is 3.10. The maximum atomic E-state index is 12.8. The molecule has 4 heteroatoms. The Bertz CT molecular complexity index is 379. The fourth-order valence-corrected chi connectivity index (χ4v) is 2.82. The predicted molar refractivity (Wildman–Crippen MR) is 81.1 cm³/mol. The van der Waals surface area contributed by atoms with Gasteiger partial charge in [-0.05, 0) is 25.2 Å². The number of nitrogens with zero attached hydrogens (tertiary/aromatic N) is 1. The summed E-state index contributed by atoms with van der Waals surface area (Å²) in [6.07, 6.45) is 3.38. The molecular formula is C16H28N2O2. The number of hydrogen-bond donors (Lipinski definition) is 1. The Morgan fingerprint density at radius 2 is 1.90 bits per heavy atom. The zero-order valence-corrected chi connectivity index (χ0v) is 13.3. The van der Waals surface area contributed by atoms with Crippen molar-refractivity contribution in [3.05, 3.63) is 12.7 Å². The van der Waals surface area contributed by atoms with E-state index in [4.69, 9.17) is 0 Å². The summed E-state index contributed by atoms with van der Waals surface area (Å²) in [6, 6.07) is -0.766. The van der Waals surface area contributed by atoms with Crippen LogP contribution in [0, 0.1) is 11.8 Å². The van der Waals surface area contributed by atoms with Crippen molar-refractivity contribution in [2.75, 3.05) is 0 Å². The van der Waals surface area contributed by atoms with Crippen LogP contribution in [0.2, 0.25) is 0 Å². The Morgan fingerprint density at radius 3 is 2.35 bits per heavy atom. The molecule has 114 valence electrons. The summed E-state index contributed by atoms with van der Waals surface area (Å²) in [5.41, 5.74) is 0. The van der Waals surface area contributed by atoms with Gasteiger partial charge in [-0.3, -0.25) is 9.59 Å². The highest BCUT2D eigenvalue weighted by atomic mass is 16.2. The molecule has 0 aliphatic carbocycles. The van der Waals surface area contributed by atoms with Crippen LogP contribution in [0.5, 0.6) is 0 Å². The highest BCUT2D eigenvalue weighted by Crippen LogP contribution is 2.25. The minimum Gasteiger partial charge on any atom is -0.342 e. The van der Waals surface area contributed by atoms with Gasteiger partial charge < -0.3 is 10.2 Å². The molecule has 1 heterocycles. The number of amides is 2. The Labute approximate surface area is 122 Å².